The standard InChI is InChI=1S/C57H35N5S/c1-5-16-36(17-6-1)39-28-30-43-42-24-13-14-26-48(42)61(50(43)34-39)41-29-33-51-47(35-41)44-31-32-45-52-46(25-15-27-49(52)62(53(45)54(44)63-51)40-22-11-4-12-23-40)57-59-55(37-18-7-2-8-19-37)58-56(60-57)38-20-9-3-10-21-38/h1-35H. The van der Waals surface area contributed by atoms with Crippen LogP contribution in [0.15, 0.2) is 212 Å². The molecule has 9 aromatic carbocycles. The van der Waals surface area contributed by atoms with Crippen LogP contribution in [-0.2, 0) is 0 Å². The van der Waals surface area contributed by atoms with Crippen LogP contribution in [0, 0.1) is 0 Å². The molecule has 4 heterocycles. The molecule has 0 bridgehead atoms. The van der Waals surface area contributed by atoms with E-state index in [2.05, 4.69) is 185 Å². The van der Waals surface area contributed by atoms with Gasteiger partial charge in [-0.05, 0) is 59.7 Å². The van der Waals surface area contributed by atoms with Gasteiger partial charge in [0.1, 0.15) is 0 Å². The fourth-order valence-corrected chi connectivity index (χ4v) is 10.7. The molecule has 13 rings (SSSR count). The molecule has 0 unspecified atom stereocenters. The van der Waals surface area contributed by atoms with Gasteiger partial charge < -0.3 is 9.13 Å². The monoisotopic (exact) mass is 821 g/mol. The molecule has 13 aromatic rings. The largest absolute Gasteiger partial charge is 0.309 e. The third-order valence-electron chi connectivity index (χ3n) is 12.4. The Hall–Kier alpha value is -8.19. The number of thiophene rings is 1. The van der Waals surface area contributed by atoms with Crippen LogP contribution in [0.25, 0.3) is 120 Å². The van der Waals surface area contributed by atoms with Crippen molar-refractivity contribution in [3.63, 3.8) is 0 Å². The van der Waals surface area contributed by atoms with Crippen molar-refractivity contribution in [3.8, 4) is 56.7 Å². The minimum absolute atomic E-state index is 0.642. The van der Waals surface area contributed by atoms with Crippen molar-refractivity contribution < 1.29 is 0 Å². The van der Waals surface area contributed by atoms with E-state index in [9.17, 15) is 0 Å². The molecular weight excluding hydrogens is 787 g/mol. The van der Waals surface area contributed by atoms with Crippen molar-refractivity contribution in [2.45, 2.75) is 0 Å². The summed E-state index contributed by atoms with van der Waals surface area (Å²) in [6.45, 7) is 0. The van der Waals surface area contributed by atoms with Crippen LogP contribution in [-0.4, -0.2) is 24.1 Å². The second kappa shape index (κ2) is 14.2. The summed E-state index contributed by atoms with van der Waals surface area (Å²) in [5, 5.41) is 7.23. The van der Waals surface area contributed by atoms with Gasteiger partial charge >= 0.3 is 0 Å². The molecule has 0 fully saturated rings. The molecule has 6 heteroatoms. The molecule has 4 aromatic heterocycles. The van der Waals surface area contributed by atoms with Crippen molar-refractivity contribution in [1.29, 1.82) is 0 Å². The normalized spacial score (nSPS) is 11.8. The van der Waals surface area contributed by atoms with Gasteiger partial charge in [-0.15, -0.1) is 11.3 Å². The lowest BCUT2D eigenvalue weighted by Gasteiger charge is -2.10. The van der Waals surface area contributed by atoms with Crippen molar-refractivity contribution in [1.82, 2.24) is 24.1 Å². The van der Waals surface area contributed by atoms with Crippen molar-refractivity contribution in [3.05, 3.63) is 212 Å². The van der Waals surface area contributed by atoms with Crippen molar-refractivity contribution in [2.75, 3.05) is 0 Å². The van der Waals surface area contributed by atoms with Crippen LogP contribution in [0.5, 0.6) is 0 Å². The van der Waals surface area contributed by atoms with Crippen LogP contribution < -0.4 is 0 Å². The summed E-state index contributed by atoms with van der Waals surface area (Å²) in [7, 11) is 0. The van der Waals surface area contributed by atoms with E-state index in [-0.39, 0.29) is 0 Å². The number of nitrogens with zero attached hydrogens (tertiary/aromatic N) is 5. The summed E-state index contributed by atoms with van der Waals surface area (Å²) in [6, 6.07) is 75.5. The molecule has 0 saturated heterocycles. The van der Waals surface area contributed by atoms with Gasteiger partial charge in [-0.25, -0.2) is 15.0 Å². The highest BCUT2D eigenvalue weighted by atomic mass is 32.1. The van der Waals surface area contributed by atoms with E-state index in [0.29, 0.717) is 17.5 Å². The van der Waals surface area contributed by atoms with Gasteiger partial charge in [0.25, 0.3) is 0 Å². The fraction of sp³-hybridized carbons (Fsp3) is 0. The Labute approximate surface area is 366 Å². The van der Waals surface area contributed by atoms with Gasteiger partial charge in [0.05, 0.1) is 26.8 Å². The van der Waals surface area contributed by atoms with Crippen molar-refractivity contribution >= 4 is 75.1 Å². The van der Waals surface area contributed by atoms with Gasteiger partial charge in [-0.3, -0.25) is 0 Å². The molecule has 294 valence electrons. The summed E-state index contributed by atoms with van der Waals surface area (Å²) in [6.07, 6.45) is 0. The SMILES string of the molecule is c1ccc(-c2ccc3c4ccccc4n(-c4ccc5sc6c(ccc7c8c(-c9nc(-c%10ccccc%10)nc(-c%10ccccc%10)n9)cccc8n(-c8ccccc8)c76)c5c4)c3c2)cc1. The molecule has 0 radical (unpaired) electrons. The average molecular weight is 822 g/mol. The zero-order valence-corrected chi connectivity index (χ0v) is 34.7. The summed E-state index contributed by atoms with van der Waals surface area (Å²) in [5.41, 5.74) is 12.2. The van der Waals surface area contributed by atoms with E-state index in [1.165, 1.54) is 58.6 Å². The molecular formula is C57H35N5S. The molecule has 0 saturated carbocycles. The molecule has 0 amide bonds. The van der Waals surface area contributed by atoms with E-state index in [1.807, 2.05) is 47.7 Å². The number of para-hydroxylation sites is 2. The third-order valence-corrected chi connectivity index (χ3v) is 13.6. The predicted molar refractivity (Wildman–Crippen MR) is 263 cm³/mol. The van der Waals surface area contributed by atoms with E-state index in [1.54, 1.807) is 0 Å². The first-order chi connectivity index (χ1) is 31.2. The highest BCUT2D eigenvalue weighted by Gasteiger charge is 2.23. The maximum atomic E-state index is 5.20. The van der Waals surface area contributed by atoms with Crippen LogP contribution in [0.2, 0.25) is 0 Å². The van der Waals surface area contributed by atoms with Gasteiger partial charge in [0, 0.05) is 65.1 Å². The van der Waals surface area contributed by atoms with Crippen LogP contribution in [0.1, 0.15) is 0 Å². The molecule has 0 atom stereocenters. The van der Waals surface area contributed by atoms with Crippen molar-refractivity contribution in [2.24, 2.45) is 0 Å². The molecule has 0 aliphatic carbocycles. The van der Waals surface area contributed by atoms with Gasteiger partial charge in [0.2, 0.25) is 0 Å². The molecule has 0 N–H and O–H groups in total. The van der Waals surface area contributed by atoms with Gasteiger partial charge in [-0.2, -0.15) is 0 Å². The van der Waals surface area contributed by atoms with Crippen LogP contribution in [0.4, 0.5) is 0 Å². The minimum atomic E-state index is 0.642. The quantitative estimate of drug-likeness (QED) is 0.168. The Morgan fingerprint density at radius 1 is 0.333 bits per heavy atom. The first-order valence-electron chi connectivity index (χ1n) is 21.2. The Balaban J connectivity index is 1.06. The maximum absolute atomic E-state index is 5.20. The first-order valence-corrected chi connectivity index (χ1v) is 22.0. The fourth-order valence-electron chi connectivity index (χ4n) is 9.53. The van der Waals surface area contributed by atoms with Crippen LogP contribution in [0.3, 0.4) is 0 Å². The number of rotatable bonds is 6. The third kappa shape index (κ3) is 5.66. The lowest BCUT2D eigenvalue weighted by molar-refractivity contribution is 1.08. The minimum Gasteiger partial charge on any atom is -0.309 e. The topological polar surface area (TPSA) is 48.5 Å². The van der Waals surface area contributed by atoms with Gasteiger partial charge in [0.15, 0.2) is 17.5 Å². The van der Waals surface area contributed by atoms with Gasteiger partial charge in [-0.1, -0.05) is 164 Å². The Bertz CT molecular complexity index is 3830. The number of hydrogen-bond acceptors (Lipinski definition) is 4. The zero-order valence-electron chi connectivity index (χ0n) is 33.9. The van der Waals surface area contributed by atoms with E-state index < -0.39 is 0 Å². The molecule has 0 spiro atoms. The van der Waals surface area contributed by atoms with E-state index in [4.69, 9.17) is 15.0 Å². The number of hydrogen-bond donors (Lipinski definition) is 0. The molecule has 5 nitrogen and oxygen atoms in total. The average Bonchev–Trinajstić information content (AvgIpc) is 4.02. The van der Waals surface area contributed by atoms with E-state index in [0.717, 1.165) is 44.4 Å². The Kier molecular flexibility index (Phi) is 8.01. The number of benzene rings is 9. The second-order valence-corrected chi connectivity index (χ2v) is 17.0. The lowest BCUT2D eigenvalue weighted by Crippen LogP contribution is -2.00. The second-order valence-electron chi connectivity index (χ2n) is 16.0. The molecule has 0 aliphatic heterocycles. The summed E-state index contributed by atoms with van der Waals surface area (Å²) in [5.74, 6) is 1.93. The Morgan fingerprint density at radius 3 is 1.65 bits per heavy atom. The lowest BCUT2D eigenvalue weighted by atomic mass is 10.0. The van der Waals surface area contributed by atoms with Crippen LogP contribution >= 0.6 is 11.3 Å². The number of aromatic nitrogens is 5. The van der Waals surface area contributed by atoms with E-state index >= 15 is 0 Å². The maximum Gasteiger partial charge on any atom is 0.164 e. The first kappa shape index (κ1) is 35.6. The molecule has 63 heavy (non-hydrogen) atoms. The number of fused-ring (bicyclic) bond motifs is 10. The summed E-state index contributed by atoms with van der Waals surface area (Å²) >= 11 is 1.86. The Morgan fingerprint density at radius 2 is 0.921 bits per heavy atom. The smallest absolute Gasteiger partial charge is 0.164 e. The predicted octanol–water partition coefficient (Wildman–Crippen LogP) is 15.1. The summed E-state index contributed by atoms with van der Waals surface area (Å²) < 4.78 is 7.36. The highest BCUT2D eigenvalue weighted by molar-refractivity contribution is 7.26. The highest BCUT2D eigenvalue weighted by Crippen LogP contribution is 2.46. The summed E-state index contributed by atoms with van der Waals surface area (Å²) in [4.78, 5) is 15.4. The molecule has 0 aliphatic rings. The zero-order chi connectivity index (χ0) is 41.4.